The second-order valence-corrected chi connectivity index (χ2v) is 5.39. The fourth-order valence-corrected chi connectivity index (χ4v) is 2.29. The molecule has 3 heteroatoms. The molecule has 0 fully saturated rings. The number of hydrogen-bond donors (Lipinski definition) is 1. The number of aryl methyl sites for hydroxylation is 2. The van der Waals surface area contributed by atoms with Crippen LogP contribution < -0.4 is 0 Å². The first-order valence-corrected chi connectivity index (χ1v) is 6.91. The van der Waals surface area contributed by atoms with Crippen LogP contribution in [0.3, 0.4) is 0 Å². The standard InChI is InChI=1S/C16H25NO2/c1-5-14(16(18)19)11-17(4)9-8-15-7-6-12(2)10-13(15)3/h6-7,10,14H,5,8-9,11H2,1-4H3,(H,18,19). The third kappa shape index (κ3) is 5.03. The van der Waals surface area contributed by atoms with Crippen molar-refractivity contribution in [3.05, 3.63) is 34.9 Å². The van der Waals surface area contributed by atoms with E-state index in [0.717, 1.165) is 13.0 Å². The van der Waals surface area contributed by atoms with Gasteiger partial charge in [-0.05, 0) is 44.9 Å². The number of carboxylic acid groups (broad SMARTS) is 1. The lowest BCUT2D eigenvalue weighted by Crippen LogP contribution is -2.31. The number of nitrogens with zero attached hydrogens (tertiary/aromatic N) is 1. The molecule has 19 heavy (non-hydrogen) atoms. The summed E-state index contributed by atoms with van der Waals surface area (Å²) in [7, 11) is 2.00. The monoisotopic (exact) mass is 263 g/mol. The van der Waals surface area contributed by atoms with Crippen LogP contribution in [0.25, 0.3) is 0 Å². The van der Waals surface area contributed by atoms with Crippen LogP contribution in [-0.4, -0.2) is 36.1 Å². The Labute approximate surface area is 116 Å². The molecule has 0 saturated heterocycles. The smallest absolute Gasteiger partial charge is 0.307 e. The normalized spacial score (nSPS) is 12.7. The fourth-order valence-electron chi connectivity index (χ4n) is 2.29. The van der Waals surface area contributed by atoms with Crippen LogP contribution in [0.2, 0.25) is 0 Å². The SMILES string of the molecule is CCC(CN(C)CCc1ccc(C)cc1C)C(=O)O. The van der Waals surface area contributed by atoms with E-state index in [1.54, 1.807) is 0 Å². The first-order chi connectivity index (χ1) is 8.93. The van der Waals surface area contributed by atoms with Crippen LogP contribution >= 0.6 is 0 Å². The van der Waals surface area contributed by atoms with Crippen LogP contribution in [-0.2, 0) is 11.2 Å². The van der Waals surface area contributed by atoms with Gasteiger partial charge in [-0.15, -0.1) is 0 Å². The van der Waals surface area contributed by atoms with E-state index in [2.05, 4.69) is 36.9 Å². The molecule has 0 radical (unpaired) electrons. The molecule has 1 aromatic rings. The second kappa shape index (κ2) is 7.29. The number of likely N-dealkylation sites (N-methyl/N-ethyl adjacent to an activating group) is 1. The van der Waals surface area contributed by atoms with E-state index in [1.807, 2.05) is 14.0 Å². The van der Waals surface area contributed by atoms with Crippen LogP contribution in [0.1, 0.15) is 30.0 Å². The topological polar surface area (TPSA) is 40.5 Å². The van der Waals surface area contributed by atoms with E-state index in [0.29, 0.717) is 13.0 Å². The minimum Gasteiger partial charge on any atom is -0.481 e. The Morgan fingerprint density at radius 1 is 1.37 bits per heavy atom. The third-order valence-corrected chi connectivity index (χ3v) is 3.64. The summed E-state index contributed by atoms with van der Waals surface area (Å²) in [5, 5.41) is 9.06. The quantitative estimate of drug-likeness (QED) is 0.822. The van der Waals surface area contributed by atoms with Crippen molar-refractivity contribution in [3.8, 4) is 0 Å². The number of aliphatic carboxylic acids is 1. The molecule has 0 amide bonds. The molecule has 3 nitrogen and oxygen atoms in total. The van der Waals surface area contributed by atoms with Crippen LogP contribution in [0.4, 0.5) is 0 Å². The van der Waals surface area contributed by atoms with Crippen molar-refractivity contribution < 1.29 is 9.90 Å². The summed E-state index contributed by atoms with van der Waals surface area (Å²) in [6.07, 6.45) is 1.65. The van der Waals surface area contributed by atoms with Crippen molar-refractivity contribution in [2.75, 3.05) is 20.1 Å². The van der Waals surface area contributed by atoms with Gasteiger partial charge >= 0.3 is 5.97 Å². The number of benzene rings is 1. The lowest BCUT2D eigenvalue weighted by Gasteiger charge is -2.21. The number of carbonyl (C=O) groups is 1. The van der Waals surface area contributed by atoms with Crippen molar-refractivity contribution in [2.24, 2.45) is 5.92 Å². The van der Waals surface area contributed by atoms with Gasteiger partial charge in [-0.2, -0.15) is 0 Å². The summed E-state index contributed by atoms with van der Waals surface area (Å²) in [5.74, 6) is -0.954. The van der Waals surface area contributed by atoms with Gasteiger partial charge in [-0.25, -0.2) is 0 Å². The van der Waals surface area contributed by atoms with Crippen LogP contribution in [0, 0.1) is 19.8 Å². The summed E-state index contributed by atoms with van der Waals surface area (Å²) in [6.45, 7) is 7.68. The molecular weight excluding hydrogens is 238 g/mol. The Kier molecular flexibility index (Phi) is 6.03. The zero-order valence-corrected chi connectivity index (χ0v) is 12.4. The average molecular weight is 263 g/mol. The fraction of sp³-hybridized carbons (Fsp3) is 0.562. The molecule has 0 aliphatic rings. The number of rotatable bonds is 7. The van der Waals surface area contributed by atoms with Crippen molar-refractivity contribution in [1.29, 1.82) is 0 Å². The third-order valence-electron chi connectivity index (χ3n) is 3.64. The van der Waals surface area contributed by atoms with Gasteiger partial charge in [0.2, 0.25) is 0 Å². The molecule has 106 valence electrons. The van der Waals surface area contributed by atoms with E-state index in [4.69, 9.17) is 5.11 Å². The Morgan fingerprint density at radius 3 is 2.58 bits per heavy atom. The zero-order chi connectivity index (χ0) is 14.4. The highest BCUT2D eigenvalue weighted by atomic mass is 16.4. The maximum atomic E-state index is 11.0. The average Bonchev–Trinajstić information content (AvgIpc) is 2.34. The van der Waals surface area contributed by atoms with E-state index in [1.165, 1.54) is 16.7 Å². The predicted octanol–water partition coefficient (Wildman–Crippen LogP) is 2.89. The molecular formula is C16H25NO2. The van der Waals surface area contributed by atoms with E-state index in [9.17, 15) is 4.79 Å². The van der Waals surface area contributed by atoms with Crippen molar-refractivity contribution >= 4 is 5.97 Å². The van der Waals surface area contributed by atoms with Gasteiger partial charge < -0.3 is 10.0 Å². The highest BCUT2D eigenvalue weighted by molar-refractivity contribution is 5.70. The largest absolute Gasteiger partial charge is 0.481 e. The maximum Gasteiger partial charge on any atom is 0.307 e. The van der Waals surface area contributed by atoms with Gasteiger partial charge in [0.1, 0.15) is 0 Å². The Balaban J connectivity index is 2.49. The first kappa shape index (κ1) is 15.7. The molecule has 0 spiro atoms. The summed E-state index contributed by atoms with van der Waals surface area (Å²) in [6, 6.07) is 6.50. The molecule has 0 aliphatic carbocycles. The highest BCUT2D eigenvalue weighted by Crippen LogP contribution is 2.12. The predicted molar refractivity (Wildman–Crippen MR) is 78.5 cm³/mol. The molecule has 0 aromatic heterocycles. The van der Waals surface area contributed by atoms with Gasteiger partial charge in [-0.1, -0.05) is 30.7 Å². The highest BCUT2D eigenvalue weighted by Gasteiger charge is 2.16. The molecule has 0 aliphatic heterocycles. The Bertz CT molecular complexity index is 429. The summed E-state index contributed by atoms with van der Waals surface area (Å²) >= 11 is 0. The van der Waals surface area contributed by atoms with Gasteiger partial charge in [0.25, 0.3) is 0 Å². The van der Waals surface area contributed by atoms with Crippen molar-refractivity contribution in [1.82, 2.24) is 4.90 Å². The molecule has 1 aromatic carbocycles. The second-order valence-electron chi connectivity index (χ2n) is 5.39. The maximum absolute atomic E-state index is 11.0. The molecule has 0 bridgehead atoms. The Morgan fingerprint density at radius 2 is 2.05 bits per heavy atom. The first-order valence-electron chi connectivity index (χ1n) is 6.91. The molecule has 1 rings (SSSR count). The van der Waals surface area contributed by atoms with Gasteiger partial charge in [0.05, 0.1) is 5.92 Å². The van der Waals surface area contributed by atoms with Crippen molar-refractivity contribution in [2.45, 2.75) is 33.6 Å². The molecule has 0 heterocycles. The van der Waals surface area contributed by atoms with E-state index >= 15 is 0 Å². The van der Waals surface area contributed by atoms with E-state index in [-0.39, 0.29) is 5.92 Å². The summed E-state index contributed by atoms with van der Waals surface area (Å²) in [4.78, 5) is 13.1. The van der Waals surface area contributed by atoms with Crippen LogP contribution in [0.5, 0.6) is 0 Å². The molecule has 0 saturated carbocycles. The molecule has 1 N–H and O–H groups in total. The zero-order valence-electron chi connectivity index (χ0n) is 12.4. The minimum atomic E-state index is -0.694. The molecule has 1 atom stereocenters. The summed E-state index contributed by atoms with van der Waals surface area (Å²) < 4.78 is 0. The van der Waals surface area contributed by atoms with E-state index < -0.39 is 5.97 Å². The lowest BCUT2D eigenvalue weighted by atomic mass is 10.0. The van der Waals surface area contributed by atoms with Gasteiger partial charge in [0.15, 0.2) is 0 Å². The van der Waals surface area contributed by atoms with Gasteiger partial charge in [0, 0.05) is 13.1 Å². The summed E-state index contributed by atoms with van der Waals surface area (Å²) in [5.41, 5.74) is 3.95. The minimum absolute atomic E-state index is 0.260. The van der Waals surface area contributed by atoms with Crippen LogP contribution in [0.15, 0.2) is 18.2 Å². The molecule has 1 unspecified atom stereocenters. The number of hydrogen-bond acceptors (Lipinski definition) is 2. The Hall–Kier alpha value is -1.35. The number of carboxylic acids is 1. The lowest BCUT2D eigenvalue weighted by molar-refractivity contribution is -0.142. The van der Waals surface area contributed by atoms with Gasteiger partial charge in [-0.3, -0.25) is 4.79 Å². The van der Waals surface area contributed by atoms with Crippen molar-refractivity contribution in [3.63, 3.8) is 0 Å².